The van der Waals surface area contributed by atoms with Crippen LogP contribution < -0.4 is 0 Å². The predicted octanol–water partition coefficient (Wildman–Crippen LogP) is 2.98. The van der Waals surface area contributed by atoms with Gasteiger partial charge in [0.25, 0.3) is 4.84 Å². The van der Waals surface area contributed by atoms with Crippen molar-refractivity contribution >= 4 is 23.8 Å². The molecule has 0 fully saturated rings. The third-order valence-electron chi connectivity index (χ3n) is 1.78. The number of nitrogens with zero attached hydrogens (tertiary/aromatic N) is 1. The number of H-pyrrole nitrogens is 1. The van der Waals surface area contributed by atoms with Crippen LogP contribution in [0.25, 0.3) is 0 Å². The molecular formula is C9H7ClN2OS. The first kappa shape index (κ1) is 9.43. The van der Waals surface area contributed by atoms with Gasteiger partial charge in [0.2, 0.25) is 5.89 Å². The second-order valence-electron chi connectivity index (χ2n) is 2.78. The van der Waals surface area contributed by atoms with Gasteiger partial charge in [-0.25, -0.2) is 5.10 Å². The van der Waals surface area contributed by atoms with Crippen LogP contribution in [0.2, 0.25) is 5.02 Å². The van der Waals surface area contributed by atoms with Gasteiger partial charge in [0.1, 0.15) is 0 Å². The molecule has 0 saturated carbocycles. The van der Waals surface area contributed by atoms with Crippen molar-refractivity contribution in [3.8, 4) is 0 Å². The van der Waals surface area contributed by atoms with Gasteiger partial charge >= 0.3 is 0 Å². The highest BCUT2D eigenvalue weighted by Gasteiger charge is 2.04. The Hall–Kier alpha value is -1.13. The molecule has 0 aliphatic carbocycles. The highest BCUT2D eigenvalue weighted by Crippen LogP contribution is 2.17. The zero-order chi connectivity index (χ0) is 9.97. The van der Waals surface area contributed by atoms with Crippen molar-refractivity contribution in [3.05, 3.63) is 45.6 Å². The Morgan fingerprint density at radius 1 is 1.43 bits per heavy atom. The van der Waals surface area contributed by atoms with Crippen LogP contribution in [0.3, 0.4) is 0 Å². The highest BCUT2D eigenvalue weighted by atomic mass is 35.5. The number of nitrogens with one attached hydrogen (secondary N) is 1. The molecule has 14 heavy (non-hydrogen) atoms. The van der Waals surface area contributed by atoms with E-state index in [-0.39, 0.29) is 4.84 Å². The van der Waals surface area contributed by atoms with E-state index in [9.17, 15) is 0 Å². The monoisotopic (exact) mass is 226 g/mol. The molecule has 1 N–H and O–H groups in total. The molecule has 0 amide bonds. The van der Waals surface area contributed by atoms with Gasteiger partial charge < -0.3 is 4.42 Å². The van der Waals surface area contributed by atoms with Crippen molar-refractivity contribution in [2.75, 3.05) is 0 Å². The number of hydrogen-bond donors (Lipinski definition) is 1. The third-order valence-corrected chi connectivity index (χ3v) is 2.33. The first-order valence-corrected chi connectivity index (χ1v) is 4.82. The van der Waals surface area contributed by atoms with Gasteiger partial charge in [-0.05, 0) is 23.8 Å². The minimum absolute atomic E-state index is 0.284. The Kier molecular flexibility index (Phi) is 2.65. The van der Waals surface area contributed by atoms with E-state index in [0.717, 1.165) is 5.56 Å². The fourth-order valence-electron chi connectivity index (χ4n) is 1.14. The second kappa shape index (κ2) is 3.94. The topological polar surface area (TPSA) is 41.8 Å². The Morgan fingerprint density at radius 3 is 2.86 bits per heavy atom. The lowest BCUT2D eigenvalue weighted by Crippen LogP contribution is -1.89. The lowest BCUT2D eigenvalue weighted by Gasteiger charge is -1.98. The molecule has 5 heteroatoms. The summed E-state index contributed by atoms with van der Waals surface area (Å²) in [4.78, 5) is 0.284. The summed E-state index contributed by atoms with van der Waals surface area (Å²) in [6.07, 6.45) is 0.548. The minimum Gasteiger partial charge on any atom is -0.414 e. The fourth-order valence-corrected chi connectivity index (χ4v) is 1.49. The Balaban J connectivity index is 2.27. The maximum atomic E-state index is 5.98. The van der Waals surface area contributed by atoms with E-state index in [4.69, 9.17) is 28.2 Å². The number of benzene rings is 1. The molecule has 0 atom stereocenters. The van der Waals surface area contributed by atoms with E-state index in [1.165, 1.54) is 0 Å². The third kappa shape index (κ3) is 2.02. The zero-order valence-electron chi connectivity index (χ0n) is 7.16. The number of aromatic amines is 1. The van der Waals surface area contributed by atoms with E-state index in [1.54, 1.807) is 0 Å². The lowest BCUT2D eigenvalue weighted by molar-refractivity contribution is 0.491. The summed E-state index contributed by atoms with van der Waals surface area (Å²) in [5.74, 6) is 0.545. The van der Waals surface area contributed by atoms with Crippen LogP contribution in [-0.2, 0) is 6.42 Å². The number of hydrogen-bond acceptors (Lipinski definition) is 3. The lowest BCUT2D eigenvalue weighted by atomic mass is 10.1. The highest BCUT2D eigenvalue weighted by molar-refractivity contribution is 7.71. The number of aromatic nitrogens is 2. The molecule has 2 rings (SSSR count). The molecule has 1 aromatic carbocycles. The predicted molar refractivity (Wildman–Crippen MR) is 55.9 cm³/mol. The summed E-state index contributed by atoms with van der Waals surface area (Å²) in [5.41, 5.74) is 0.972. The van der Waals surface area contributed by atoms with E-state index >= 15 is 0 Å². The zero-order valence-corrected chi connectivity index (χ0v) is 8.73. The van der Waals surface area contributed by atoms with Crippen LogP contribution in [0.15, 0.2) is 28.7 Å². The molecule has 0 saturated heterocycles. The van der Waals surface area contributed by atoms with Crippen LogP contribution in [0.4, 0.5) is 0 Å². The first-order valence-electron chi connectivity index (χ1n) is 4.03. The quantitative estimate of drug-likeness (QED) is 0.801. The summed E-state index contributed by atoms with van der Waals surface area (Å²) >= 11 is 10.7. The van der Waals surface area contributed by atoms with Crippen molar-refractivity contribution in [2.45, 2.75) is 6.42 Å². The summed E-state index contributed by atoms with van der Waals surface area (Å²) in [5, 5.41) is 7.17. The van der Waals surface area contributed by atoms with Crippen molar-refractivity contribution in [1.29, 1.82) is 0 Å². The van der Waals surface area contributed by atoms with Crippen LogP contribution in [0.5, 0.6) is 0 Å². The molecule has 0 bridgehead atoms. The summed E-state index contributed by atoms with van der Waals surface area (Å²) < 4.78 is 5.13. The molecule has 72 valence electrons. The van der Waals surface area contributed by atoms with Crippen LogP contribution in [0.1, 0.15) is 11.5 Å². The van der Waals surface area contributed by atoms with Gasteiger partial charge in [-0.3, -0.25) is 0 Å². The van der Waals surface area contributed by atoms with Gasteiger partial charge in [0.05, 0.1) is 6.42 Å². The van der Waals surface area contributed by atoms with Crippen LogP contribution in [0, 0.1) is 4.84 Å². The molecule has 1 heterocycles. The van der Waals surface area contributed by atoms with E-state index in [1.807, 2.05) is 24.3 Å². The average molecular weight is 227 g/mol. The van der Waals surface area contributed by atoms with Gasteiger partial charge in [-0.2, -0.15) is 0 Å². The molecule has 1 aromatic heterocycles. The summed E-state index contributed by atoms with van der Waals surface area (Å²) in [7, 11) is 0. The normalized spacial score (nSPS) is 10.4. The molecule has 0 spiro atoms. The first-order chi connectivity index (χ1) is 6.75. The summed E-state index contributed by atoms with van der Waals surface area (Å²) in [6, 6.07) is 7.56. The SMILES string of the molecule is S=c1[nH]nc(Cc2ccccc2Cl)o1. The van der Waals surface area contributed by atoms with Crippen molar-refractivity contribution < 1.29 is 4.42 Å². The van der Waals surface area contributed by atoms with Gasteiger partial charge in [0, 0.05) is 5.02 Å². The van der Waals surface area contributed by atoms with E-state index in [2.05, 4.69) is 10.2 Å². The van der Waals surface area contributed by atoms with Gasteiger partial charge in [-0.15, -0.1) is 5.10 Å². The smallest absolute Gasteiger partial charge is 0.284 e. The molecule has 0 radical (unpaired) electrons. The van der Waals surface area contributed by atoms with Crippen molar-refractivity contribution in [3.63, 3.8) is 0 Å². The largest absolute Gasteiger partial charge is 0.414 e. The van der Waals surface area contributed by atoms with E-state index in [0.29, 0.717) is 17.3 Å². The number of halogens is 1. The fraction of sp³-hybridized carbons (Fsp3) is 0.111. The molecule has 0 aliphatic heterocycles. The minimum atomic E-state index is 0.284. The molecule has 0 aliphatic rings. The molecule has 3 nitrogen and oxygen atoms in total. The maximum absolute atomic E-state index is 5.98. The van der Waals surface area contributed by atoms with Gasteiger partial charge in [0.15, 0.2) is 0 Å². The Labute approximate surface area is 90.7 Å². The number of rotatable bonds is 2. The molecule has 0 unspecified atom stereocenters. The second-order valence-corrected chi connectivity index (χ2v) is 3.55. The van der Waals surface area contributed by atoms with Crippen LogP contribution >= 0.6 is 23.8 Å². The summed E-state index contributed by atoms with van der Waals surface area (Å²) in [6.45, 7) is 0. The standard InChI is InChI=1S/C9H7ClN2OS/c10-7-4-2-1-3-6(7)5-8-11-12-9(14)13-8/h1-4H,5H2,(H,12,14). The van der Waals surface area contributed by atoms with E-state index < -0.39 is 0 Å². The molecule has 2 aromatic rings. The Bertz CT molecular complexity index is 491. The van der Waals surface area contributed by atoms with Gasteiger partial charge in [-0.1, -0.05) is 29.8 Å². The van der Waals surface area contributed by atoms with Crippen molar-refractivity contribution in [1.82, 2.24) is 10.2 Å². The Morgan fingerprint density at radius 2 is 2.21 bits per heavy atom. The van der Waals surface area contributed by atoms with Crippen molar-refractivity contribution in [2.24, 2.45) is 0 Å². The average Bonchev–Trinajstić information content (AvgIpc) is 2.56. The molecular weight excluding hydrogens is 220 g/mol. The van der Waals surface area contributed by atoms with Crippen LogP contribution in [-0.4, -0.2) is 10.2 Å². The maximum Gasteiger partial charge on any atom is 0.284 e.